The predicted molar refractivity (Wildman–Crippen MR) is 82.3 cm³/mol. The molecule has 1 aliphatic rings. The lowest BCUT2D eigenvalue weighted by molar-refractivity contribution is 0.111. The first kappa shape index (κ1) is 13.8. The van der Waals surface area contributed by atoms with Gasteiger partial charge in [0, 0.05) is 11.4 Å². The van der Waals surface area contributed by atoms with Crippen LogP contribution in [0, 0.1) is 25.6 Å². The Hall–Kier alpha value is -2.16. The quantitative estimate of drug-likeness (QED) is 0.759. The van der Waals surface area contributed by atoms with Gasteiger partial charge in [0.05, 0.1) is 11.3 Å². The van der Waals surface area contributed by atoms with Crippen molar-refractivity contribution >= 4 is 12.4 Å². The maximum absolute atomic E-state index is 14.7. The van der Waals surface area contributed by atoms with E-state index in [4.69, 9.17) is 0 Å². The summed E-state index contributed by atoms with van der Waals surface area (Å²) in [5.74, 6) is 0.145. The number of allylic oxidation sites excluding steroid dienone is 1. The number of carbonyl (C=O) groups excluding carboxylic acids is 1. The molecule has 1 aliphatic carbocycles. The number of benzene rings is 1. The monoisotopic (exact) mass is 283 g/mol. The largest absolute Gasteiger partial charge is 0.316 e. The second kappa shape index (κ2) is 5.32. The van der Waals surface area contributed by atoms with Crippen LogP contribution in [0.1, 0.15) is 40.2 Å². The Morgan fingerprint density at radius 2 is 1.81 bits per heavy atom. The number of nitrogens with zero attached hydrogens (tertiary/aromatic N) is 1. The number of carbonyl (C=O) groups is 1. The Labute approximate surface area is 123 Å². The summed E-state index contributed by atoms with van der Waals surface area (Å²) in [6.45, 7) is 3.85. The van der Waals surface area contributed by atoms with Gasteiger partial charge in [-0.25, -0.2) is 4.39 Å². The lowest BCUT2D eigenvalue weighted by Crippen LogP contribution is -2.05. The van der Waals surface area contributed by atoms with Crippen LogP contribution in [0.2, 0.25) is 0 Å². The molecule has 0 spiro atoms. The summed E-state index contributed by atoms with van der Waals surface area (Å²) < 4.78 is 16.5. The Bertz CT molecular complexity index is 704. The van der Waals surface area contributed by atoms with Crippen molar-refractivity contribution in [2.24, 2.45) is 5.92 Å². The molecule has 0 saturated heterocycles. The highest BCUT2D eigenvalue weighted by Gasteiger charge is 2.19. The molecule has 2 nitrogen and oxygen atoms in total. The summed E-state index contributed by atoms with van der Waals surface area (Å²) in [5, 5.41) is 0. The van der Waals surface area contributed by atoms with Crippen LogP contribution in [0.4, 0.5) is 4.39 Å². The Morgan fingerprint density at radius 3 is 2.38 bits per heavy atom. The second-order valence-electron chi connectivity index (χ2n) is 5.67. The van der Waals surface area contributed by atoms with E-state index < -0.39 is 5.82 Å². The minimum absolute atomic E-state index is 0.136. The molecule has 1 heterocycles. The number of aromatic nitrogens is 1. The number of rotatable bonds is 4. The van der Waals surface area contributed by atoms with Crippen molar-refractivity contribution in [2.75, 3.05) is 0 Å². The molecule has 3 rings (SSSR count). The molecule has 0 aliphatic heterocycles. The molecule has 0 radical (unpaired) electrons. The lowest BCUT2D eigenvalue weighted by Gasteiger charge is -2.13. The molecule has 2 aromatic rings. The summed E-state index contributed by atoms with van der Waals surface area (Å²) in [6.07, 6.45) is 6.92. The third kappa shape index (κ3) is 2.56. The predicted octanol–water partition coefficient (Wildman–Crippen LogP) is 4.47. The topological polar surface area (TPSA) is 22.0 Å². The summed E-state index contributed by atoms with van der Waals surface area (Å²) in [6, 6.07) is 7.45. The van der Waals surface area contributed by atoms with Crippen LogP contribution in [-0.4, -0.2) is 10.9 Å². The zero-order valence-corrected chi connectivity index (χ0v) is 12.3. The first-order chi connectivity index (χ1) is 10.1. The van der Waals surface area contributed by atoms with Gasteiger partial charge in [0.1, 0.15) is 0 Å². The van der Waals surface area contributed by atoms with Gasteiger partial charge >= 0.3 is 0 Å². The second-order valence-corrected chi connectivity index (χ2v) is 5.67. The van der Waals surface area contributed by atoms with Gasteiger partial charge in [-0.1, -0.05) is 18.2 Å². The molecule has 1 aromatic carbocycles. The van der Waals surface area contributed by atoms with Crippen molar-refractivity contribution in [1.82, 2.24) is 4.57 Å². The van der Waals surface area contributed by atoms with E-state index in [1.807, 2.05) is 42.7 Å². The van der Waals surface area contributed by atoms with Gasteiger partial charge < -0.3 is 4.57 Å². The van der Waals surface area contributed by atoms with E-state index in [2.05, 4.69) is 6.08 Å². The fourth-order valence-electron chi connectivity index (χ4n) is 2.61. The molecule has 21 heavy (non-hydrogen) atoms. The molecule has 108 valence electrons. The van der Waals surface area contributed by atoms with Crippen molar-refractivity contribution in [1.29, 1.82) is 0 Å². The summed E-state index contributed by atoms with van der Waals surface area (Å²) in [7, 11) is 0. The zero-order chi connectivity index (χ0) is 15.0. The van der Waals surface area contributed by atoms with Crippen LogP contribution < -0.4 is 0 Å². The van der Waals surface area contributed by atoms with Crippen molar-refractivity contribution in [3.8, 4) is 5.69 Å². The molecule has 1 aromatic heterocycles. The van der Waals surface area contributed by atoms with E-state index in [1.54, 1.807) is 6.07 Å². The standard InChI is InChI=1S/C18H18FNO/c1-12-3-4-13(2)20(12)17-10-9-15(8-7-14-5-6-14)16(11-21)18(17)19/h3-4,7-11,14H,5-6H2,1-2H3/b8-7+. The maximum atomic E-state index is 14.7. The first-order valence-corrected chi connectivity index (χ1v) is 7.23. The van der Waals surface area contributed by atoms with Crippen LogP contribution in [0.3, 0.4) is 0 Å². The SMILES string of the molecule is Cc1ccc(C)n1-c1ccc(/C=C/C2CC2)c(C=O)c1F. The smallest absolute Gasteiger partial charge is 0.158 e. The summed E-state index contributed by atoms with van der Waals surface area (Å²) in [5.41, 5.74) is 3.12. The van der Waals surface area contributed by atoms with Gasteiger partial charge in [0.15, 0.2) is 12.1 Å². The van der Waals surface area contributed by atoms with Gasteiger partial charge in [0.25, 0.3) is 0 Å². The summed E-state index contributed by atoms with van der Waals surface area (Å²) >= 11 is 0. The lowest BCUT2D eigenvalue weighted by atomic mass is 10.1. The van der Waals surface area contributed by atoms with E-state index in [0.29, 0.717) is 23.5 Å². The molecule has 1 saturated carbocycles. The Balaban J connectivity index is 2.09. The molecular weight excluding hydrogens is 265 g/mol. The molecule has 3 heteroatoms. The number of halogens is 1. The van der Waals surface area contributed by atoms with Gasteiger partial charge in [0.2, 0.25) is 0 Å². The average Bonchev–Trinajstić information content (AvgIpc) is 3.24. The third-order valence-corrected chi connectivity index (χ3v) is 3.99. The highest BCUT2D eigenvalue weighted by Crippen LogP contribution is 2.31. The van der Waals surface area contributed by atoms with Gasteiger partial charge in [-0.3, -0.25) is 4.79 Å². The molecule has 1 fully saturated rings. The average molecular weight is 283 g/mol. The van der Waals surface area contributed by atoms with Crippen LogP contribution >= 0.6 is 0 Å². The molecule has 0 N–H and O–H groups in total. The van der Waals surface area contributed by atoms with E-state index in [0.717, 1.165) is 11.4 Å². The van der Waals surface area contributed by atoms with Crippen LogP contribution in [0.25, 0.3) is 11.8 Å². The number of hydrogen-bond acceptors (Lipinski definition) is 1. The minimum Gasteiger partial charge on any atom is -0.316 e. The fraction of sp³-hybridized carbons (Fsp3) is 0.278. The normalized spacial score (nSPS) is 14.8. The van der Waals surface area contributed by atoms with E-state index in [9.17, 15) is 9.18 Å². The van der Waals surface area contributed by atoms with Gasteiger partial charge in [-0.15, -0.1) is 0 Å². The molecule has 0 amide bonds. The van der Waals surface area contributed by atoms with Gasteiger partial charge in [-0.2, -0.15) is 0 Å². The molecular formula is C18H18FNO. The number of aldehydes is 1. The molecule has 0 bridgehead atoms. The van der Waals surface area contributed by atoms with Crippen molar-refractivity contribution in [2.45, 2.75) is 26.7 Å². The highest BCUT2D eigenvalue weighted by molar-refractivity contribution is 5.83. The Kier molecular flexibility index (Phi) is 3.50. The molecule has 0 unspecified atom stereocenters. The number of hydrogen-bond donors (Lipinski definition) is 0. The zero-order valence-electron chi connectivity index (χ0n) is 12.3. The van der Waals surface area contributed by atoms with E-state index >= 15 is 0 Å². The minimum atomic E-state index is -0.453. The van der Waals surface area contributed by atoms with Crippen LogP contribution in [0.5, 0.6) is 0 Å². The van der Waals surface area contributed by atoms with Crippen molar-refractivity contribution < 1.29 is 9.18 Å². The number of aryl methyl sites for hydroxylation is 2. The highest BCUT2D eigenvalue weighted by atomic mass is 19.1. The van der Waals surface area contributed by atoms with E-state index in [-0.39, 0.29) is 5.56 Å². The van der Waals surface area contributed by atoms with Crippen LogP contribution in [0.15, 0.2) is 30.3 Å². The maximum Gasteiger partial charge on any atom is 0.158 e. The van der Waals surface area contributed by atoms with Crippen LogP contribution in [-0.2, 0) is 0 Å². The van der Waals surface area contributed by atoms with Gasteiger partial charge in [-0.05, 0) is 56.4 Å². The fourth-order valence-corrected chi connectivity index (χ4v) is 2.61. The Morgan fingerprint density at radius 1 is 1.14 bits per heavy atom. The van der Waals surface area contributed by atoms with Crippen molar-refractivity contribution in [3.05, 3.63) is 58.7 Å². The van der Waals surface area contributed by atoms with Crippen molar-refractivity contribution in [3.63, 3.8) is 0 Å². The van der Waals surface area contributed by atoms with E-state index in [1.165, 1.54) is 12.8 Å². The first-order valence-electron chi connectivity index (χ1n) is 7.23. The third-order valence-electron chi connectivity index (χ3n) is 3.99. The molecule has 0 atom stereocenters. The summed E-state index contributed by atoms with van der Waals surface area (Å²) in [4.78, 5) is 11.3.